The van der Waals surface area contributed by atoms with Crippen LogP contribution in [0.15, 0.2) is 52.2 Å². The largest absolute Gasteiger partial charge is 0.394 e. The second kappa shape index (κ2) is 8.99. The molecule has 2 aromatic rings. The van der Waals surface area contributed by atoms with Crippen molar-refractivity contribution in [3.8, 4) is 0 Å². The number of benzene rings is 1. The molecule has 2 aliphatic rings. The van der Waals surface area contributed by atoms with Crippen molar-refractivity contribution >= 4 is 5.91 Å². The predicted octanol–water partition coefficient (Wildman–Crippen LogP) is 0.240. The minimum absolute atomic E-state index is 0.126. The van der Waals surface area contributed by atoms with E-state index in [2.05, 4.69) is 5.32 Å². The Morgan fingerprint density at radius 1 is 1.12 bits per heavy atom. The number of carbonyl (C=O) groups is 1. The van der Waals surface area contributed by atoms with Gasteiger partial charge in [0.15, 0.2) is 12.0 Å². The Balaban J connectivity index is 1.46. The van der Waals surface area contributed by atoms with Crippen LogP contribution in [0.25, 0.3) is 0 Å². The molecule has 2 aliphatic heterocycles. The number of aliphatic hydroxyl groups is 1. The number of aliphatic hydroxyl groups excluding tert-OH is 1. The summed E-state index contributed by atoms with van der Waals surface area (Å²) in [5.74, 6) is -1.09. The van der Waals surface area contributed by atoms with E-state index in [1.165, 1.54) is 16.8 Å². The molecule has 32 heavy (non-hydrogen) atoms. The van der Waals surface area contributed by atoms with Gasteiger partial charge in [0.25, 0.3) is 11.5 Å². The summed E-state index contributed by atoms with van der Waals surface area (Å²) < 4.78 is 20.0. The van der Waals surface area contributed by atoms with E-state index < -0.39 is 41.6 Å². The van der Waals surface area contributed by atoms with Crippen LogP contribution < -0.4 is 16.6 Å². The number of amides is 1. The Kier molecular flexibility index (Phi) is 6.29. The molecule has 0 spiro atoms. The van der Waals surface area contributed by atoms with Gasteiger partial charge < -0.3 is 24.6 Å². The van der Waals surface area contributed by atoms with Crippen LogP contribution in [-0.4, -0.2) is 57.4 Å². The lowest BCUT2D eigenvalue weighted by Gasteiger charge is -2.24. The first-order chi connectivity index (χ1) is 15.3. The topological polar surface area (TPSA) is 121 Å². The number of rotatable bonds is 7. The predicted molar refractivity (Wildman–Crippen MR) is 113 cm³/mol. The van der Waals surface area contributed by atoms with E-state index in [9.17, 15) is 19.5 Å². The summed E-state index contributed by atoms with van der Waals surface area (Å²) >= 11 is 0. The SMILES string of the molecule is CC1(C)O[C@@H]2[C@H](O1)[C@@H](CO)O[C@H]2n1ccc(=O)n(CCCNC(=O)c2ccccc2)c1=O. The van der Waals surface area contributed by atoms with E-state index in [1.807, 2.05) is 6.07 Å². The number of fused-ring (bicyclic) bond motifs is 1. The summed E-state index contributed by atoms with van der Waals surface area (Å²) in [7, 11) is 0. The number of nitrogens with one attached hydrogen (secondary N) is 1. The summed E-state index contributed by atoms with van der Waals surface area (Å²) in [6.45, 7) is 3.65. The summed E-state index contributed by atoms with van der Waals surface area (Å²) in [4.78, 5) is 37.5. The van der Waals surface area contributed by atoms with Gasteiger partial charge in [0.05, 0.1) is 6.61 Å². The number of hydrogen-bond acceptors (Lipinski definition) is 7. The number of nitrogens with zero attached hydrogens (tertiary/aromatic N) is 2. The fourth-order valence-corrected chi connectivity index (χ4v) is 4.09. The molecule has 0 bridgehead atoms. The van der Waals surface area contributed by atoms with E-state index in [1.54, 1.807) is 38.1 Å². The van der Waals surface area contributed by atoms with E-state index in [0.29, 0.717) is 18.5 Å². The molecule has 1 aromatic heterocycles. The zero-order valence-corrected chi connectivity index (χ0v) is 18.0. The average Bonchev–Trinajstić information content (AvgIpc) is 3.26. The minimum atomic E-state index is -0.875. The van der Waals surface area contributed by atoms with Crippen LogP contribution >= 0.6 is 0 Å². The molecule has 4 atom stereocenters. The molecule has 3 heterocycles. The Labute approximate surface area is 184 Å². The maximum Gasteiger partial charge on any atom is 0.333 e. The zero-order chi connectivity index (χ0) is 22.9. The zero-order valence-electron chi connectivity index (χ0n) is 18.0. The standard InChI is InChI=1S/C22H27N3O7/c1-22(2)31-17-15(13-26)30-20(18(17)32-22)25-12-9-16(27)24(21(25)29)11-6-10-23-19(28)14-7-4-3-5-8-14/h3-5,7-9,12,15,17-18,20,26H,6,10-11,13H2,1-2H3,(H,23,28)/t15-,17-,18-,20-/m1/s1. The molecule has 2 saturated heterocycles. The first-order valence-corrected chi connectivity index (χ1v) is 10.6. The highest BCUT2D eigenvalue weighted by Gasteiger charge is 2.55. The van der Waals surface area contributed by atoms with Crippen molar-refractivity contribution in [3.05, 3.63) is 69.0 Å². The Hall–Kier alpha value is -2.79. The molecule has 0 unspecified atom stereocenters. The molecule has 1 amide bonds. The van der Waals surface area contributed by atoms with Crippen molar-refractivity contribution in [2.24, 2.45) is 0 Å². The van der Waals surface area contributed by atoms with Crippen molar-refractivity contribution in [3.63, 3.8) is 0 Å². The van der Waals surface area contributed by atoms with Crippen LogP contribution in [-0.2, 0) is 20.8 Å². The maximum absolute atomic E-state index is 13.1. The highest BCUT2D eigenvalue weighted by atomic mass is 16.8. The molecule has 0 radical (unpaired) electrons. The van der Waals surface area contributed by atoms with Gasteiger partial charge in [-0.2, -0.15) is 0 Å². The van der Waals surface area contributed by atoms with Crippen molar-refractivity contribution in [2.45, 2.75) is 57.1 Å². The number of ether oxygens (including phenoxy) is 3. The molecule has 4 rings (SSSR count). The lowest BCUT2D eigenvalue weighted by Crippen LogP contribution is -2.43. The van der Waals surface area contributed by atoms with E-state index in [0.717, 1.165) is 4.57 Å². The van der Waals surface area contributed by atoms with Crippen LogP contribution in [0.1, 0.15) is 36.9 Å². The first-order valence-electron chi connectivity index (χ1n) is 10.6. The van der Waals surface area contributed by atoms with Crippen LogP contribution in [0.2, 0.25) is 0 Å². The van der Waals surface area contributed by atoms with Gasteiger partial charge in [0.2, 0.25) is 0 Å². The Bertz CT molecular complexity index is 1080. The quantitative estimate of drug-likeness (QED) is 0.586. The molecule has 2 fully saturated rings. The minimum Gasteiger partial charge on any atom is -0.394 e. The van der Waals surface area contributed by atoms with Gasteiger partial charge in [0.1, 0.15) is 18.3 Å². The third kappa shape index (κ3) is 4.40. The van der Waals surface area contributed by atoms with Crippen molar-refractivity contribution in [1.82, 2.24) is 14.5 Å². The van der Waals surface area contributed by atoms with Gasteiger partial charge in [-0.05, 0) is 32.4 Å². The van der Waals surface area contributed by atoms with Gasteiger partial charge in [0, 0.05) is 30.9 Å². The maximum atomic E-state index is 13.1. The van der Waals surface area contributed by atoms with Gasteiger partial charge >= 0.3 is 5.69 Å². The molecule has 2 N–H and O–H groups in total. The summed E-state index contributed by atoms with van der Waals surface area (Å²) in [5, 5.41) is 12.4. The molecule has 0 aliphatic carbocycles. The molecular weight excluding hydrogens is 418 g/mol. The number of hydrogen-bond donors (Lipinski definition) is 2. The summed E-state index contributed by atoms with van der Waals surface area (Å²) in [6.07, 6.45) is -0.852. The molecule has 10 heteroatoms. The average molecular weight is 445 g/mol. The van der Waals surface area contributed by atoms with E-state index in [4.69, 9.17) is 14.2 Å². The highest BCUT2D eigenvalue weighted by molar-refractivity contribution is 5.94. The molecule has 10 nitrogen and oxygen atoms in total. The van der Waals surface area contributed by atoms with E-state index >= 15 is 0 Å². The van der Waals surface area contributed by atoms with E-state index in [-0.39, 0.29) is 19.1 Å². The fraction of sp³-hybridized carbons (Fsp3) is 0.500. The number of carbonyl (C=O) groups excluding carboxylic acids is 1. The molecule has 1 aromatic carbocycles. The van der Waals surface area contributed by atoms with Crippen LogP contribution in [0.3, 0.4) is 0 Å². The smallest absolute Gasteiger partial charge is 0.333 e. The molecular formula is C22H27N3O7. The van der Waals surface area contributed by atoms with Gasteiger partial charge in [-0.3, -0.25) is 18.7 Å². The highest BCUT2D eigenvalue weighted by Crippen LogP contribution is 2.42. The third-order valence-electron chi connectivity index (χ3n) is 5.55. The van der Waals surface area contributed by atoms with Crippen molar-refractivity contribution in [2.75, 3.05) is 13.2 Å². The van der Waals surface area contributed by atoms with Crippen LogP contribution in [0, 0.1) is 0 Å². The monoisotopic (exact) mass is 445 g/mol. The van der Waals surface area contributed by atoms with Crippen molar-refractivity contribution in [1.29, 1.82) is 0 Å². The fourth-order valence-electron chi connectivity index (χ4n) is 4.09. The second-order valence-electron chi connectivity index (χ2n) is 8.28. The number of aromatic nitrogens is 2. The first kappa shape index (κ1) is 22.4. The third-order valence-corrected chi connectivity index (χ3v) is 5.55. The lowest BCUT2D eigenvalue weighted by molar-refractivity contribution is -0.200. The van der Waals surface area contributed by atoms with Crippen LogP contribution in [0.5, 0.6) is 0 Å². The van der Waals surface area contributed by atoms with Gasteiger partial charge in [-0.1, -0.05) is 18.2 Å². The van der Waals surface area contributed by atoms with Gasteiger partial charge in [-0.15, -0.1) is 0 Å². The second-order valence-corrected chi connectivity index (χ2v) is 8.28. The van der Waals surface area contributed by atoms with Crippen LogP contribution in [0.4, 0.5) is 0 Å². The lowest BCUT2D eigenvalue weighted by atomic mass is 10.1. The summed E-state index contributed by atoms with van der Waals surface area (Å²) in [5.41, 5.74) is -0.458. The Morgan fingerprint density at radius 3 is 2.56 bits per heavy atom. The molecule has 0 saturated carbocycles. The summed E-state index contributed by atoms with van der Waals surface area (Å²) in [6, 6.07) is 10.1. The Morgan fingerprint density at radius 2 is 1.84 bits per heavy atom. The van der Waals surface area contributed by atoms with Crippen molar-refractivity contribution < 1.29 is 24.1 Å². The molecule has 172 valence electrons. The normalized spacial score (nSPS) is 26.1. The van der Waals surface area contributed by atoms with Gasteiger partial charge in [-0.25, -0.2) is 4.79 Å².